The molecule has 1 aliphatic heterocycles. The Morgan fingerprint density at radius 2 is 2.06 bits per heavy atom. The molecular weight excluding hydrogens is 246 g/mol. The van der Waals surface area contributed by atoms with Gasteiger partial charge in [0.25, 0.3) is 0 Å². The van der Waals surface area contributed by atoms with Gasteiger partial charge in [-0.15, -0.1) is 0 Å². The monoisotopic (exact) mass is 265 g/mol. The molecule has 0 spiro atoms. The molecule has 1 heterocycles. The van der Waals surface area contributed by atoms with E-state index in [9.17, 15) is 15.0 Å². The van der Waals surface area contributed by atoms with Crippen molar-refractivity contribution in [3.63, 3.8) is 0 Å². The summed E-state index contributed by atoms with van der Waals surface area (Å²) in [4.78, 5) is 10.5. The molecule has 1 aliphatic rings. The van der Waals surface area contributed by atoms with E-state index in [4.69, 9.17) is 25.4 Å². The highest BCUT2D eigenvalue weighted by molar-refractivity contribution is 5.73. The summed E-state index contributed by atoms with van der Waals surface area (Å²) in [6.07, 6.45) is -4.23. The van der Waals surface area contributed by atoms with Crippen LogP contribution in [0.1, 0.15) is 6.92 Å². The van der Waals surface area contributed by atoms with Gasteiger partial charge in [0.2, 0.25) is 0 Å². The number of hydrogen-bond donors (Lipinski definition) is 5. The number of aliphatic carboxylic acids is 1. The van der Waals surface area contributed by atoms with Gasteiger partial charge in [-0.25, -0.2) is 0 Å². The van der Waals surface area contributed by atoms with E-state index in [0.29, 0.717) is 0 Å². The lowest BCUT2D eigenvalue weighted by Gasteiger charge is -2.40. The molecule has 1 fully saturated rings. The maximum atomic E-state index is 10.5. The van der Waals surface area contributed by atoms with Crippen LogP contribution in [0.4, 0.5) is 0 Å². The van der Waals surface area contributed by atoms with Crippen LogP contribution >= 0.6 is 0 Å². The lowest BCUT2D eigenvalue weighted by molar-refractivity contribution is -0.282. The van der Waals surface area contributed by atoms with Crippen LogP contribution in [0.3, 0.4) is 0 Å². The first-order chi connectivity index (χ1) is 8.38. The van der Waals surface area contributed by atoms with Crippen molar-refractivity contribution in [1.29, 1.82) is 0 Å². The van der Waals surface area contributed by atoms with Gasteiger partial charge in [-0.1, -0.05) is 6.92 Å². The first-order valence-corrected chi connectivity index (χ1v) is 5.61. The second-order valence-corrected chi connectivity index (χ2v) is 4.34. The smallest absolute Gasteiger partial charge is 0.322 e. The minimum absolute atomic E-state index is 0.286. The summed E-state index contributed by atoms with van der Waals surface area (Å²) in [5.41, 5.74) is 5.27. The third-order valence-electron chi connectivity index (χ3n) is 2.94. The lowest BCUT2D eigenvalue weighted by atomic mass is 9.92. The van der Waals surface area contributed by atoms with E-state index in [1.807, 2.05) is 0 Å². The first kappa shape index (κ1) is 15.3. The predicted molar refractivity (Wildman–Crippen MR) is 58.5 cm³/mol. The summed E-state index contributed by atoms with van der Waals surface area (Å²) in [6.45, 7) is 0.819. The Bertz CT molecular complexity index is 285. The Morgan fingerprint density at radius 1 is 1.44 bits per heavy atom. The van der Waals surface area contributed by atoms with E-state index < -0.39 is 49.1 Å². The van der Waals surface area contributed by atoms with Crippen LogP contribution in [0.15, 0.2) is 0 Å². The van der Waals surface area contributed by atoms with Gasteiger partial charge in [-0.2, -0.15) is 0 Å². The summed E-state index contributed by atoms with van der Waals surface area (Å²) in [7, 11) is 0. The van der Waals surface area contributed by atoms with Gasteiger partial charge in [0, 0.05) is 5.92 Å². The zero-order valence-corrected chi connectivity index (χ0v) is 9.97. The predicted octanol–water partition coefficient (Wildman–Crippen LogP) is -2.51. The van der Waals surface area contributed by atoms with E-state index in [-0.39, 0.29) is 6.61 Å². The fourth-order valence-corrected chi connectivity index (χ4v) is 1.68. The topological polar surface area (TPSA) is 142 Å². The number of carboxylic acids is 1. The molecule has 0 saturated carbocycles. The second kappa shape index (κ2) is 6.41. The molecule has 2 unspecified atom stereocenters. The summed E-state index contributed by atoms with van der Waals surface area (Å²) in [6, 6.07) is -1.20. The Hall–Kier alpha value is -0.770. The highest BCUT2D eigenvalue weighted by Gasteiger charge is 2.42. The molecular formula is C10H19NO7. The van der Waals surface area contributed by atoms with Crippen molar-refractivity contribution in [2.45, 2.75) is 37.6 Å². The number of hydrogen-bond acceptors (Lipinski definition) is 7. The molecule has 1 saturated heterocycles. The average molecular weight is 265 g/mol. The Balaban J connectivity index is 2.56. The van der Waals surface area contributed by atoms with Crippen LogP contribution < -0.4 is 5.73 Å². The molecule has 106 valence electrons. The number of nitrogens with two attached hydrogens (primary N) is 1. The number of rotatable bonds is 5. The van der Waals surface area contributed by atoms with Crippen molar-refractivity contribution in [2.24, 2.45) is 11.7 Å². The lowest BCUT2D eigenvalue weighted by Crippen LogP contribution is -2.56. The zero-order chi connectivity index (χ0) is 13.9. The second-order valence-electron chi connectivity index (χ2n) is 4.34. The van der Waals surface area contributed by atoms with Crippen molar-refractivity contribution >= 4 is 5.97 Å². The highest BCUT2D eigenvalue weighted by Crippen LogP contribution is 2.26. The van der Waals surface area contributed by atoms with E-state index in [1.165, 1.54) is 0 Å². The van der Waals surface area contributed by atoms with E-state index in [1.54, 1.807) is 6.92 Å². The van der Waals surface area contributed by atoms with Gasteiger partial charge in [-0.3, -0.25) is 4.79 Å². The standard InChI is InChI=1S/C10H19NO7/c1-4-7(13)8(14)6(2-12)18-10(4)17-3-5(11)9(15)16/h4-8,10,12-14H,2-3,11H2,1H3,(H,15,16)/t4-,5+,6?,7?,8+,10+/m1/s1. The summed E-state index contributed by atoms with van der Waals surface area (Å²) >= 11 is 0. The minimum atomic E-state index is -1.21. The van der Waals surface area contributed by atoms with Gasteiger partial charge in [0.15, 0.2) is 6.29 Å². The van der Waals surface area contributed by atoms with E-state index in [2.05, 4.69) is 0 Å². The molecule has 18 heavy (non-hydrogen) atoms. The number of carbonyl (C=O) groups is 1. The molecule has 0 aliphatic carbocycles. The molecule has 0 aromatic heterocycles. The number of aliphatic hydroxyl groups is 3. The minimum Gasteiger partial charge on any atom is -0.480 e. The normalized spacial score (nSPS) is 38.4. The van der Waals surface area contributed by atoms with E-state index >= 15 is 0 Å². The zero-order valence-electron chi connectivity index (χ0n) is 9.97. The van der Waals surface area contributed by atoms with E-state index in [0.717, 1.165) is 0 Å². The molecule has 0 aromatic rings. The van der Waals surface area contributed by atoms with Crippen molar-refractivity contribution < 1.29 is 34.7 Å². The number of carboxylic acid groups (broad SMARTS) is 1. The van der Waals surface area contributed by atoms with Crippen LogP contribution in [-0.2, 0) is 14.3 Å². The van der Waals surface area contributed by atoms with Crippen LogP contribution in [0.5, 0.6) is 0 Å². The first-order valence-electron chi connectivity index (χ1n) is 5.61. The van der Waals surface area contributed by atoms with Gasteiger partial charge in [0.1, 0.15) is 18.2 Å². The SMILES string of the molecule is C[C@@H]1C(O)[C@@H](O)C(CO)O[C@@H]1OC[C@H](N)C(=O)O. The fraction of sp³-hybridized carbons (Fsp3) is 0.900. The quantitative estimate of drug-likeness (QED) is 0.367. The number of aliphatic hydroxyl groups excluding tert-OH is 3. The van der Waals surface area contributed by atoms with Gasteiger partial charge < -0.3 is 35.6 Å². The van der Waals surface area contributed by atoms with Crippen LogP contribution in [0.2, 0.25) is 0 Å². The maximum absolute atomic E-state index is 10.5. The third-order valence-corrected chi connectivity index (χ3v) is 2.94. The largest absolute Gasteiger partial charge is 0.480 e. The Kier molecular flexibility index (Phi) is 5.45. The van der Waals surface area contributed by atoms with Crippen molar-refractivity contribution in [3.05, 3.63) is 0 Å². The van der Waals surface area contributed by atoms with Crippen LogP contribution in [0, 0.1) is 5.92 Å². The molecule has 1 rings (SSSR count). The van der Waals surface area contributed by atoms with Crippen LogP contribution in [-0.4, -0.2) is 70.3 Å². The summed E-state index contributed by atoms with van der Waals surface area (Å²) < 4.78 is 10.4. The summed E-state index contributed by atoms with van der Waals surface area (Å²) in [5.74, 6) is -1.78. The molecule has 0 aromatic carbocycles. The molecule has 6 atom stereocenters. The Morgan fingerprint density at radius 3 is 2.56 bits per heavy atom. The molecule has 0 radical (unpaired) electrons. The highest BCUT2D eigenvalue weighted by atomic mass is 16.7. The summed E-state index contributed by atoms with van der Waals surface area (Å²) in [5, 5.41) is 36.9. The van der Waals surface area contributed by atoms with Gasteiger partial charge in [0.05, 0.1) is 19.3 Å². The molecule has 8 nitrogen and oxygen atoms in total. The molecule has 0 bridgehead atoms. The number of ether oxygens (including phenoxy) is 2. The van der Waals surface area contributed by atoms with Gasteiger partial charge in [-0.05, 0) is 0 Å². The fourth-order valence-electron chi connectivity index (χ4n) is 1.68. The van der Waals surface area contributed by atoms with Crippen molar-refractivity contribution in [1.82, 2.24) is 0 Å². The third kappa shape index (κ3) is 3.37. The molecule has 6 N–H and O–H groups in total. The maximum Gasteiger partial charge on any atom is 0.322 e. The molecule has 8 heteroatoms. The van der Waals surface area contributed by atoms with Crippen molar-refractivity contribution in [2.75, 3.05) is 13.2 Å². The average Bonchev–Trinajstić information content (AvgIpc) is 2.34. The van der Waals surface area contributed by atoms with Crippen LogP contribution in [0.25, 0.3) is 0 Å². The van der Waals surface area contributed by atoms with Crippen molar-refractivity contribution in [3.8, 4) is 0 Å². The molecule has 0 amide bonds. The van der Waals surface area contributed by atoms with Gasteiger partial charge >= 0.3 is 5.97 Å². The Labute approximate surface area is 104 Å².